The highest BCUT2D eigenvalue weighted by molar-refractivity contribution is 5.29. The summed E-state index contributed by atoms with van der Waals surface area (Å²) in [4.78, 5) is 0. The van der Waals surface area contributed by atoms with Crippen LogP contribution in [0.3, 0.4) is 0 Å². The van der Waals surface area contributed by atoms with E-state index in [9.17, 15) is 0 Å². The first kappa shape index (κ1) is 20.0. The second-order valence-corrected chi connectivity index (χ2v) is 6.49. The summed E-state index contributed by atoms with van der Waals surface area (Å²) in [6.07, 6.45) is 7.11. The molecule has 0 saturated carbocycles. The van der Waals surface area contributed by atoms with E-state index in [1.807, 2.05) is 6.92 Å². The molecule has 0 aliphatic carbocycles. The van der Waals surface area contributed by atoms with Crippen molar-refractivity contribution in [2.24, 2.45) is 5.92 Å². The number of hydrogen-bond acceptors (Lipinski definition) is 2. The maximum Gasteiger partial charge on any atom is 0.196 e. The summed E-state index contributed by atoms with van der Waals surface area (Å²) in [5, 5.41) is 0. The fourth-order valence-corrected chi connectivity index (χ4v) is 3.17. The van der Waals surface area contributed by atoms with Crippen LogP contribution in [0.2, 0.25) is 0 Å². The molecule has 2 heteroatoms. The highest BCUT2D eigenvalue weighted by Crippen LogP contribution is 2.25. The normalized spacial score (nSPS) is 14.0. The fraction of sp³-hybridized carbons (Fsp3) is 0.714. The van der Waals surface area contributed by atoms with Gasteiger partial charge in [-0.15, -0.1) is 0 Å². The number of ether oxygens (including phenoxy) is 2. The quantitative estimate of drug-likeness (QED) is 0.407. The Bertz CT molecular complexity index is 395. The highest BCUT2D eigenvalue weighted by Gasteiger charge is 2.10. The van der Waals surface area contributed by atoms with Gasteiger partial charge in [-0.25, -0.2) is 0 Å². The van der Waals surface area contributed by atoms with Gasteiger partial charge in [-0.2, -0.15) is 0 Å². The standard InChI is InChI=1S/C21H36O2/c1-6-10-18(7-2)15-16-22-17(5)23-21-13-11-20(12-14-21)19(8-3)9-4/h11-14,17-19H,6-10,15-16H2,1-5H3. The zero-order valence-corrected chi connectivity index (χ0v) is 15.8. The fourth-order valence-electron chi connectivity index (χ4n) is 3.17. The van der Waals surface area contributed by atoms with Gasteiger partial charge < -0.3 is 9.47 Å². The van der Waals surface area contributed by atoms with Crippen LogP contribution < -0.4 is 4.74 Å². The summed E-state index contributed by atoms with van der Waals surface area (Å²) in [7, 11) is 0. The van der Waals surface area contributed by atoms with Crippen LogP contribution in [0.1, 0.15) is 84.6 Å². The van der Waals surface area contributed by atoms with Gasteiger partial charge in [-0.1, -0.05) is 59.1 Å². The second-order valence-electron chi connectivity index (χ2n) is 6.49. The molecule has 0 N–H and O–H groups in total. The number of hydrogen-bond donors (Lipinski definition) is 0. The zero-order valence-electron chi connectivity index (χ0n) is 15.8. The summed E-state index contributed by atoms with van der Waals surface area (Å²) in [6, 6.07) is 8.51. The van der Waals surface area contributed by atoms with Crippen molar-refractivity contribution in [1.29, 1.82) is 0 Å². The largest absolute Gasteiger partial charge is 0.465 e. The third-order valence-corrected chi connectivity index (χ3v) is 4.79. The van der Waals surface area contributed by atoms with Gasteiger partial charge in [0.05, 0.1) is 6.61 Å². The Morgan fingerprint density at radius 1 is 0.870 bits per heavy atom. The number of benzene rings is 1. The molecule has 0 aliphatic heterocycles. The van der Waals surface area contributed by atoms with Crippen molar-refractivity contribution < 1.29 is 9.47 Å². The lowest BCUT2D eigenvalue weighted by Gasteiger charge is -2.19. The lowest BCUT2D eigenvalue weighted by Crippen LogP contribution is -2.18. The van der Waals surface area contributed by atoms with Crippen LogP contribution in [0, 0.1) is 5.92 Å². The zero-order chi connectivity index (χ0) is 17.1. The van der Waals surface area contributed by atoms with Crippen molar-refractivity contribution in [3.63, 3.8) is 0 Å². The topological polar surface area (TPSA) is 18.5 Å². The maximum atomic E-state index is 5.87. The monoisotopic (exact) mass is 320 g/mol. The van der Waals surface area contributed by atoms with Gasteiger partial charge in [0, 0.05) is 0 Å². The van der Waals surface area contributed by atoms with E-state index in [4.69, 9.17) is 9.47 Å². The highest BCUT2D eigenvalue weighted by atomic mass is 16.7. The summed E-state index contributed by atoms with van der Waals surface area (Å²) >= 11 is 0. The van der Waals surface area contributed by atoms with Crippen LogP contribution in [-0.2, 0) is 4.74 Å². The summed E-state index contributed by atoms with van der Waals surface area (Å²) < 4.78 is 11.7. The predicted octanol–water partition coefficient (Wildman–Crippen LogP) is 6.55. The van der Waals surface area contributed by atoms with Crippen LogP contribution in [0.5, 0.6) is 5.75 Å². The maximum absolute atomic E-state index is 5.87. The Morgan fingerprint density at radius 3 is 2.04 bits per heavy atom. The lowest BCUT2D eigenvalue weighted by atomic mass is 9.94. The van der Waals surface area contributed by atoms with E-state index >= 15 is 0 Å². The molecule has 1 rings (SSSR count). The van der Waals surface area contributed by atoms with Crippen LogP contribution in [0.25, 0.3) is 0 Å². The molecule has 1 aromatic carbocycles. The Labute approximate surface area is 143 Å². The van der Waals surface area contributed by atoms with Gasteiger partial charge in [-0.05, 0) is 55.7 Å². The molecule has 23 heavy (non-hydrogen) atoms. The van der Waals surface area contributed by atoms with Gasteiger partial charge >= 0.3 is 0 Å². The smallest absolute Gasteiger partial charge is 0.196 e. The Kier molecular flexibility index (Phi) is 10.0. The van der Waals surface area contributed by atoms with Gasteiger partial charge in [-0.3, -0.25) is 0 Å². The van der Waals surface area contributed by atoms with Crippen molar-refractivity contribution in [3.05, 3.63) is 29.8 Å². The molecule has 0 radical (unpaired) electrons. The lowest BCUT2D eigenvalue weighted by molar-refractivity contribution is -0.0706. The molecule has 0 aromatic heterocycles. The summed E-state index contributed by atoms with van der Waals surface area (Å²) in [6.45, 7) is 11.8. The third-order valence-electron chi connectivity index (χ3n) is 4.79. The van der Waals surface area contributed by atoms with Crippen LogP contribution in [0.15, 0.2) is 24.3 Å². The van der Waals surface area contributed by atoms with E-state index in [1.54, 1.807) is 0 Å². The molecule has 0 saturated heterocycles. The van der Waals surface area contributed by atoms with Crippen LogP contribution in [0.4, 0.5) is 0 Å². The van der Waals surface area contributed by atoms with E-state index in [1.165, 1.54) is 37.7 Å². The van der Waals surface area contributed by atoms with Gasteiger partial charge in [0.1, 0.15) is 5.75 Å². The third kappa shape index (κ3) is 7.39. The Hall–Kier alpha value is -1.02. The van der Waals surface area contributed by atoms with Crippen molar-refractivity contribution in [1.82, 2.24) is 0 Å². The van der Waals surface area contributed by atoms with E-state index in [0.29, 0.717) is 5.92 Å². The predicted molar refractivity (Wildman–Crippen MR) is 99.1 cm³/mol. The minimum Gasteiger partial charge on any atom is -0.465 e. The van der Waals surface area contributed by atoms with Gasteiger partial charge in [0.25, 0.3) is 0 Å². The molecule has 132 valence electrons. The summed E-state index contributed by atoms with van der Waals surface area (Å²) in [5.41, 5.74) is 1.40. The molecule has 0 amide bonds. The minimum absolute atomic E-state index is 0.187. The first-order chi connectivity index (χ1) is 11.1. The average Bonchev–Trinajstić information content (AvgIpc) is 2.56. The molecule has 0 fully saturated rings. The molecule has 0 spiro atoms. The molecule has 2 atom stereocenters. The molecular weight excluding hydrogens is 284 g/mol. The van der Waals surface area contributed by atoms with E-state index < -0.39 is 0 Å². The minimum atomic E-state index is -0.187. The molecule has 1 aromatic rings. The molecule has 0 heterocycles. The Morgan fingerprint density at radius 2 is 1.52 bits per heavy atom. The van der Waals surface area contributed by atoms with Gasteiger partial charge in [0.15, 0.2) is 6.29 Å². The SMILES string of the molecule is CCCC(CC)CCOC(C)Oc1ccc(C(CC)CC)cc1. The molecule has 0 bridgehead atoms. The van der Waals surface area contributed by atoms with E-state index in [-0.39, 0.29) is 6.29 Å². The molecular formula is C21H36O2. The number of rotatable bonds is 12. The van der Waals surface area contributed by atoms with Crippen molar-refractivity contribution >= 4 is 0 Å². The first-order valence-electron chi connectivity index (χ1n) is 9.52. The average molecular weight is 321 g/mol. The molecule has 2 nitrogen and oxygen atoms in total. The van der Waals surface area contributed by atoms with Crippen molar-refractivity contribution in [3.8, 4) is 5.75 Å². The molecule has 2 unspecified atom stereocenters. The molecule has 0 aliphatic rings. The van der Waals surface area contributed by atoms with Gasteiger partial charge in [0.2, 0.25) is 0 Å². The first-order valence-corrected chi connectivity index (χ1v) is 9.52. The van der Waals surface area contributed by atoms with E-state index in [0.717, 1.165) is 24.7 Å². The van der Waals surface area contributed by atoms with Crippen LogP contribution >= 0.6 is 0 Å². The van der Waals surface area contributed by atoms with E-state index in [2.05, 4.69) is 52.0 Å². The second kappa shape index (κ2) is 11.5. The Balaban J connectivity index is 2.37. The van der Waals surface area contributed by atoms with Crippen molar-refractivity contribution in [2.45, 2.75) is 85.4 Å². The summed E-state index contributed by atoms with van der Waals surface area (Å²) in [5.74, 6) is 2.33. The van der Waals surface area contributed by atoms with Crippen molar-refractivity contribution in [2.75, 3.05) is 6.61 Å². The van der Waals surface area contributed by atoms with Crippen LogP contribution in [-0.4, -0.2) is 12.9 Å².